The summed E-state index contributed by atoms with van der Waals surface area (Å²) in [6.45, 7) is 3.52. The Hall–Kier alpha value is -2.00. The molecule has 2 aromatic carbocycles. The van der Waals surface area contributed by atoms with E-state index in [0.717, 1.165) is 6.54 Å². The lowest BCUT2D eigenvalue weighted by atomic mass is 9.57. The van der Waals surface area contributed by atoms with Crippen LogP contribution in [-0.2, 0) is 0 Å². The molecule has 4 atom stereocenters. The van der Waals surface area contributed by atoms with Gasteiger partial charge in [0.1, 0.15) is 11.5 Å². The predicted molar refractivity (Wildman–Crippen MR) is 112 cm³/mol. The number of phenols is 2. The summed E-state index contributed by atoms with van der Waals surface area (Å²) < 4.78 is 0. The number of nitrogens with zero attached hydrogens (tertiary/aromatic N) is 1. The summed E-state index contributed by atoms with van der Waals surface area (Å²) >= 11 is 0. The number of likely N-dealkylation sites (tertiary alicyclic amines) is 1. The number of phenolic OH excluding ortho intramolecular Hbond substituents is 2. The monoisotopic (exact) mass is 377 g/mol. The van der Waals surface area contributed by atoms with Crippen molar-refractivity contribution >= 4 is 0 Å². The molecule has 1 aliphatic heterocycles. The Bertz CT molecular complexity index is 825. The molecule has 2 fully saturated rings. The van der Waals surface area contributed by atoms with Crippen LogP contribution in [0.25, 0.3) is 0 Å². The van der Waals surface area contributed by atoms with Crippen molar-refractivity contribution in [1.82, 2.24) is 4.90 Å². The van der Waals surface area contributed by atoms with Crippen LogP contribution in [0.1, 0.15) is 73.0 Å². The van der Waals surface area contributed by atoms with E-state index in [2.05, 4.69) is 29.2 Å². The maximum Gasteiger partial charge on any atom is 0.115 e. The van der Waals surface area contributed by atoms with Gasteiger partial charge in [-0.15, -0.1) is 0 Å². The summed E-state index contributed by atoms with van der Waals surface area (Å²) in [6.07, 6.45) is 7.71. The average molecular weight is 378 g/mol. The average Bonchev–Trinajstić information content (AvgIpc) is 3.22. The van der Waals surface area contributed by atoms with E-state index in [9.17, 15) is 10.2 Å². The molecule has 3 nitrogen and oxygen atoms in total. The van der Waals surface area contributed by atoms with E-state index >= 15 is 0 Å². The van der Waals surface area contributed by atoms with Crippen molar-refractivity contribution in [3.63, 3.8) is 0 Å². The van der Waals surface area contributed by atoms with Gasteiger partial charge in [0, 0.05) is 12.5 Å². The van der Waals surface area contributed by atoms with Crippen molar-refractivity contribution in [1.29, 1.82) is 0 Å². The Morgan fingerprint density at radius 2 is 1.50 bits per heavy atom. The molecule has 0 unspecified atom stereocenters. The maximum absolute atomic E-state index is 10.2. The summed E-state index contributed by atoms with van der Waals surface area (Å²) in [7, 11) is 0. The molecule has 3 heteroatoms. The second kappa shape index (κ2) is 7.44. The summed E-state index contributed by atoms with van der Waals surface area (Å²) in [5.41, 5.74) is 4.23. The minimum Gasteiger partial charge on any atom is -0.508 e. The van der Waals surface area contributed by atoms with Crippen molar-refractivity contribution in [2.75, 3.05) is 19.6 Å². The number of benzene rings is 2. The van der Waals surface area contributed by atoms with Gasteiger partial charge in [-0.3, -0.25) is 0 Å². The van der Waals surface area contributed by atoms with Crippen LogP contribution in [0.15, 0.2) is 42.5 Å². The largest absolute Gasteiger partial charge is 0.508 e. The molecule has 0 amide bonds. The van der Waals surface area contributed by atoms with E-state index in [1.165, 1.54) is 68.3 Å². The van der Waals surface area contributed by atoms with Gasteiger partial charge in [-0.25, -0.2) is 0 Å². The molecule has 0 aromatic heterocycles. The minimum absolute atomic E-state index is 0.348. The minimum atomic E-state index is 0.348. The van der Waals surface area contributed by atoms with E-state index in [-0.39, 0.29) is 0 Å². The first-order chi connectivity index (χ1) is 13.7. The molecule has 2 N–H and O–H groups in total. The lowest BCUT2D eigenvalue weighted by molar-refractivity contribution is 0.189. The molecule has 0 radical (unpaired) electrons. The van der Waals surface area contributed by atoms with Crippen LogP contribution >= 0.6 is 0 Å². The quantitative estimate of drug-likeness (QED) is 0.758. The standard InChI is InChI=1S/C25H31NO2/c27-18-9-7-17(8-10-18)25-22-6-2-1-5-20(22)23-15-19(28)11-12-21(23)24(25)16-26-13-3-4-14-26/h7-12,15,20,22,24-25,27-28H,1-6,13-14,16H2/t20-,22+,24+,25+/m1/s1. The third-order valence-electron chi connectivity index (χ3n) is 7.52. The first kappa shape index (κ1) is 18.1. The number of hydrogen-bond acceptors (Lipinski definition) is 3. The molecular weight excluding hydrogens is 346 g/mol. The van der Waals surface area contributed by atoms with Crippen molar-refractivity contribution in [2.24, 2.45) is 5.92 Å². The first-order valence-electron chi connectivity index (χ1n) is 11.0. The zero-order valence-corrected chi connectivity index (χ0v) is 16.6. The van der Waals surface area contributed by atoms with Gasteiger partial charge in [-0.05, 0) is 97.5 Å². The molecule has 2 aliphatic carbocycles. The molecule has 148 valence electrons. The molecule has 5 rings (SSSR count). The first-order valence-corrected chi connectivity index (χ1v) is 11.0. The second-order valence-electron chi connectivity index (χ2n) is 9.10. The van der Waals surface area contributed by atoms with Crippen molar-refractivity contribution in [3.8, 4) is 11.5 Å². The van der Waals surface area contributed by atoms with Crippen molar-refractivity contribution in [2.45, 2.75) is 56.3 Å². The van der Waals surface area contributed by atoms with E-state index in [0.29, 0.717) is 35.2 Å². The fourth-order valence-corrected chi connectivity index (χ4v) is 6.32. The molecular formula is C25H31NO2. The molecule has 1 saturated heterocycles. The van der Waals surface area contributed by atoms with Gasteiger partial charge in [-0.2, -0.15) is 0 Å². The van der Waals surface area contributed by atoms with Gasteiger partial charge in [0.05, 0.1) is 0 Å². The lowest BCUT2D eigenvalue weighted by Gasteiger charge is -2.48. The smallest absolute Gasteiger partial charge is 0.115 e. The topological polar surface area (TPSA) is 43.7 Å². The van der Waals surface area contributed by atoms with E-state index in [4.69, 9.17) is 0 Å². The Labute approximate surface area is 168 Å². The molecule has 0 spiro atoms. The molecule has 1 saturated carbocycles. The molecule has 2 aromatic rings. The summed E-state index contributed by atoms with van der Waals surface area (Å²) in [5, 5.41) is 20.1. The van der Waals surface area contributed by atoms with Crippen LogP contribution in [0, 0.1) is 5.92 Å². The molecule has 1 heterocycles. The third kappa shape index (κ3) is 3.20. The maximum atomic E-state index is 10.2. The van der Waals surface area contributed by atoms with Crippen LogP contribution in [0.5, 0.6) is 11.5 Å². The normalized spacial score (nSPS) is 30.0. The predicted octanol–water partition coefficient (Wildman–Crippen LogP) is 5.35. The van der Waals surface area contributed by atoms with Crippen molar-refractivity contribution in [3.05, 3.63) is 59.2 Å². The Kier molecular flexibility index (Phi) is 4.80. The Morgan fingerprint density at radius 3 is 2.29 bits per heavy atom. The van der Waals surface area contributed by atoms with Crippen LogP contribution in [-0.4, -0.2) is 34.7 Å². The number of hydrogen-bond donors (Lipinski definition) is 2. The van der Waals surface area contributed by atoms with Gasteiger partial charge in [0.2, 0.25) is 0 Å². The number of fused-ring (bicyclic) bond motifs is 3. The molecule has 3 aliphatic rings. The number of aromatic hydroxyl groups is 2. The highest BCUT2D eigenvalue weighted by Gasteiger charge is 2.44. The fraction of sp³-hybridized carbons (Fsp3) is 0.520. The Balaban J connectivity index is 1.62. The van der Waals surface area contributed by atoms with Gasteiger partial charge in [0.15, 0.2) is 0 Å². The summed E-state index contributed by atoms with van der Waals surface area (Å²) in [5.74, 6) is 2.87. The third-order valence-corrected chi connectivity index (χ3v) is 7.52. The van der Waals surface area contributed by atoms with Crippen LogP contribution in [0.2, 0.25) is 0 Å². The highest BCUT2D eigenvalue weighted by molar-refractivity contribution is 5.46. The van der Waals surface area contributed by atoms with Gasteiger partial charge in [0.25, 0.3) is 0 Å². The van der Waals surface area contributed by atoms with E-state index < -0.39 is 0 Å². The van der Waals surface area contributed by atoms with Crippen LogP contribution in [0.3, 0.4) is 0 Å². The summed E-state index contributed by atoms with van der Waals surface area (Å²) in [6, 6.07) is 14.1. The highest BCUT2D eigenvalue weighted by atomic mass is 16.3. The fourth-order valence-electron chi connectivity index (χ4n) is 6.32. The van der Waals surface area contributed by atoms with Gasteiger partial charge >= 0.3 is 0 Å². The SMILES string of the molecule is Oc1ccc([C@H]2[C@H]3CCCC[C@H]3c3cc(O)ccc3[C@@H]2CN2CCCC2)cc1. The van der Waals surface area contributed by atoms with Crippen LogP contribution in [0.4, 0.5) is 0 Å². The zero-order chi connectivity index (χ0) is 19.1. The number of rotatable bonds is 3. The summed E-state index contributed by atoms with van der Waals surface area (Å²) in [4.78, 5) is 2.64. The molecule has 28 heavy (non-hydrogen) atoms. The Morgan fingerprint density at radius 1 is 0.786 bits per heavy atom. The van der Waals surface area contributed by atoms with Gasteiger partial charge in [-0.1, -0.05) is 31.0 Å². The highest BCUT2D eigenvalue weighted by Crippen LogP contribution is 2.57. The van der Waals surface area contributed by atoms with Crippen molar-refractivity contribution < 1.29 is 10.2 Å². The van der Waals surface area contributed by atoms with E-state index in [1.54, 1.807) is 0 Å². The lowest BCUT2D eigenvalue weighted by Crippen LogP contribution is -2.38. The van der Waals surface area contributed by atoms with E-state index in [1.807, 2.05) is 18.2 Å². The second-order valence-corrected chi connectivity index (χ2v) is 9.10. The molecule has 0 bridgehead atoms. The van der Waals surface area contributed by atoms with Gasteiger partial charge < -0.3 is 15.1 Å². The zero-order valence-electron chi connectivity index (χ0n) is 16.6. The van der Waals surface area contributed by atoms with Crippen LogP contribution < -0.4 is 0 Å².